The van der Waals surface area contributed by atoms with E-state index in [1.165, 1.54) is 5.56 Å². The van der Waals surface area contributed by atoms with Crippen LogP contribution in [-0.4, -0.2) is 15.6 Å². The molecular formula is C14H14BrNO2. The number of nitrogens with zero attached hydrogens (tertiary/aromatic N) is 1. The van der Waals surface area contributed by atoms with Gasteiger partial charge in [-0.3, -0.25) is 0 Å². The molecule has 0 bridgehead atoms. The standard InChI is InChI=1S/C14H14BrNO2/c1-8-6-9(2)13(10(15)7-8)11-4-5-12(14(17)18)16(11)3/h4-7H,1-3H3,(H,17,18). The van der Waals surface area contributed by atoms with Crippen LogP contribution in [0.1, 0.15) is 21.6 Å². The van der Waals surface area contributed by atoms with Crippen molar-refractivity contribution in [3.63, 3.8) is 0 Å². The maximum Gasteiger partial charge on any atom is 0.352 e. The average Bonchev–Trinajstić information content (AvgIpc) is 2.59. The highest BCUT2D eigenvalue weighted by Crippen LogP contribution is 2.33. The highest BCUT2D eigenvalue weighted by Gasteiger charge is 2.15. The molecule has 0 atom stereocenters. The van der Waals surface area contributed by atoms with Gasteiger partial charge >= 0.3 is 5.97 Å². The SMILES string of the molecule is Cc1cc(C)c(-c2ccc(C(=O)O)n2C)c(Br)c1. The summed E-state index contributed by atoms with van der Waals surface area (Å²) in [6.45, 7) is 4.07. The van der Waals surface area contributed by atoms with Crippen LogP contribution < -0.4 is 0 Å². The Morgan fingerprint density at radius 2 is 1.94 bits per heavy atom. The van der Waals surface area contributed by atoms with Crippen molar-refractivity contribution in [1.82, 2.24) is 4.57 Å². The van der Waals surface area contributed by atoms with Gasteiger partial charge in [0.1, 0.15) is 5.69 Å². The van der Waals surface area contributed by atoms with Gasteiger partial charge in [-0.15, -0.1) is 0 Å². The summed E-state index contributed by atoms with van der Waals surface area (Å²) >= 11 is 3.55. The second-order valence-electron chi connectivity index (χ2n) is 4.41. The monoisotopic (exact) mass is 307 g/mol. The number of aromatic nitrogens is 1. The lowest BCUT2D eigenvalue weighted by molar-refractivity contribution is 0.0687. The summed E-state index contributed by atoms with van der Waals surface area (Å²) in [5, 5.41) is 9.08. The minimum absolute atomic E-state index is 0.289. The number of carboxylic acid groups (broad SMARTS) is 1. The molecule has 1 heterocycles. The molecule has 0 saturated heterocycles. The number of carboxylic acids is 1. The molecule has 94 valence electrons. The second-order valence-corrected chi connectivity index (χ2v) is 5.26. The van der Waals surface area contributed by atoms with Crippen LogP contribution >= 0.6 is 15.9 Å². The van der Waals surface area contributed by atoms with E-state index in [0.717, 1.165) is 21.3 Å². The van der Waals surface area contributed by atoms with Crippen molar-refractivity contribution in [3.05, 3.63) is 45.6 Å². The van der Waals surface area contributed by atoms with Gasteiger partial charge in [-0.2, -0.15) is 0 Å². The third-order valence-electron chi connectivity index (χ3n) is 3.03. The van der Waals surface area contributed by atoms with Gasteiger partial charge in [-0.25, -0.2) is 4.79 Å². The van der Waals surface area contributed by atoms with Crippen molar-refractivity contribution >= 4 is 21.9 Å². The molecule has 2 rings (SSSR count). The first-order valence-corrected chi connectivity index (χ1v) is 6.37. The first-order chi connectivity index (χ1) is 8.41. The maximum absolute atomic E-state index is 11.1. The molecule has 18 heavy (non-hydrogen) atoms. The van der Waals surface area contributed by atoms with Gasteiger partial charge < -0.3 is 9.67 Å². The van der Waals surface area contributed by atoms with Crippen LogP contribution in [0.3, 0.4) is 0 Å². The van der Waals surface area contributed by atoms with Crippen LogP contribution in [0.15, 0.2) is 28.7 Å². The predicted molar refractivity (Wildman–Crippen MR) is 75.0 cm³/mol. The van der Waals surface area contributed by atoms with E-state index >= 15 is 0 Å². The molecule has 1 aromatic heterocycles. The van der Waals surface area contributed by atoms with E-state index in [2.05, 4.69) is 22.0 Å². The van der Waals surface area contributed by atoms with Crippen molar-refractivity contribution in [3.8, 4) is 11.3 Å². The minimum Gasteiger partial charge on any atom is -0.477 e. The zero-order chi connectivity index (χ0) is 13.4. The third-order valence-corrected chi connectivity index (χ3v) is 3.65. The highest BCUT2D eigenvalue weighted by atomic mass is 79.9. The van der Waals surface area contributed by atoms with Gasteiger partial charge in [0, 0.05) is 22.8 Å². The highest BCUT2D eigenvalue weighted by molar-refractivity contribution is 9.10. The van der Waals surface area contributed by atoms with Crippen LogP contribution in [0.4, 0.5) is 0 Å². The average molecular weight is 308 g/mol. The second kappa shape index (κ2) is 4.61. The molecule has 0 fully saturated rings. The van der Waals surface area contributed by atoms with Crippen LogP contribution in [0.25, 0.3) is 11.3 Å². The largest absolute Gasteiger partial charge is 0.477 e. The summed E-state index contributed by atoms with van der Waals surface area (Å²) < 4.78 is 2.68. The molecule has 0 aliphatic rings. The van der Waals surface area contributed by atoms with Crippen molar-refractivity contribution in [2.45, 2.75) is 13.8 Å². The number of hydrogen-bond donors (Lipinski definition) is 1. The normalized spacial score (nSPS) is 10.7. The minimum atomic E-state index is -0.912. The molecule has 0 radical (unpaired) electrons. The Morgan fingerprint density at radius 1 is 1.28 bits per heavy atom. The third kappa shape index (κ3) is 2.08. The topological polar surface area (TPSA) is 42.2 Å². The Labute approximate surface area is 114 Å². The van der Waals surface area contributed by atoms with E-state index in [1.54, 1.807) is 17.7 Å². The summed E-state index contributed by atoms with van der Waals surface area (Å²) in [5.41, 5.74) is 4.53. The summed E-state index contributed by atoms with van der Waals surface area (Å²) in [6, 6.07) is 7.60. The predicted octanol–water partition coefficient (Wildman–Crippen LogP) is 3.77. The van der Waals surface area contributed by atoms with Crippen LogP contribution in [0, 0.1) is 13.8 Å². The Balaban J connectivity index is 2.67. The van der Waals surface area contributed by atoms with Gasteiger partial charge in [-0.1, -0.05) is 22.0 Å². The lowest BCUT2D eigenvalue weighted by Crippen LogP contribution is -2.05. The summed E-state index contributed by atoms with van der Waals surface area (Å²) in [5.74, 6) is -0.912. The summed E-state index contributed by atoms with van der Waals surface area (Å²) in [7, 11) is 1.77. The van der Waals surface area contributed by atoms with Gasteiger partial charge in [-0.05, 0) is 43.2 Å². The van der Waals surface area contributed by atoms with Crippen molar-refractivity contribution < 1.29 is 9.90 Å². The fourth-order valence-electron chi connectivity index (χ4n) is 2.22. The van der Waals surface area contributed by atoms with E-state index < -0.39 is 5.97 Å². The molecule has 0 amide bonds. The van der Waals surface area contributed by atoms with Gasteiger partial charge in [0.2, 0.25) is 0 Å². The molecule has 4 heteroatoms. The van der Waals surface area contributed by atoms with Crippen LogP contribution in [0.5, 0.6) is 0 Å². The molecule has 0 saturated carbocycles. The maximum atomic E-state index is 11.1. The van der Waals surface area contributed by atoms with Crippen molar-refractivity contribution in [2.24, 2.45) is 7.05 Å². The Hall–Kier alpha value is -1.55. The molecule has 1 aromatic carbocycles. The van der Waals surface area contributed by atoms with Crippen molar-refractivity contribution in [1.29, 1.82) is 0 Å². The summed E-state index contributed by atoms with van der Waals surface area (Å²) in [4.78, 5) is 11.1. The molecule has 1 N–H and O–H groups in total. The number of halogens is 1. The van der Waals surface area contributed by atoms with E-state index in [4.69, 9.17) is 5.11 Å². The Morgan fingerprint density at radius 3 is 2.44 bits per heavy atom. The number of hydrogen-bond acceptors (Lipinski definition) is 1. The zero-order valence-corrected chi connectivity index (χ0v) is 12.1. The Kier molecular flexibility index (Phi) is 3.30. The zero-order valence-electron chi connectivity index (χ0n) is 10.5. The van der Waals surface area contributed by atoms with Gasteiger partial charge in [0.15, 0.2) is 0 Å². The fraction of sp³-hybridized carbons (Fsp3) is 0.214. The lowest BCUT2D eigenvalue weighted by Gasteiger charge is -2.12. The molecular weight excluding hydrogens is 294 g/mol. The molecule has 0 aliphatic heterocycles. The molecule has 0 unspecified atom stereocenters. The molecule has 0 spiro atoms. The van der Waals surface area contributed by atoms with Crippen LogP contribution in [-0.2, 0) is 7.05 Å². The van der Waals surface area contributed by atoms with E-state index in [9.17, 15) is 4.79 Å². The smallest absolute Gasteiger partial charge is 0.352 e. The number of aromatic carboxylic acids is 1. The van der Waals surface area contributed by atoms with Gasteiger partial charge in [0.25, 0.3) is 0 Å². The Bertz CT molecular complexity index is 606. The number of benzene rings is 1. The fourth-order valence-corrected chi connectivity index (χ4v) is 3.09. The quantitative estimate of drug-likeness (QED) is 0.917. The number of aryl methyl sites for hydroxylation is 2. The van der Waals surface area contributed by atoms with E-state index in [0.29, 0.717) is 0 Å². The first kappa shape index (κ1) is 12.9. The van der Waals surface area contributed by atoms with E-state index in [1.807, 2.05) is 26.0 Å². The number of carbonyl (C=O) groups is 1. The van der Waals surface area contributed by atoms with Gasteiger partial charge in [0.05, 0.1) is 0 Å². The van der Waals surface area contributed by atoms with Crippen LogP contribution in [0.2, 0.25) is 0 Å². The van der Waals surface area contributed by atoms with E-state index in [-0.39, 0.29) is 5.69 Å². The molecule has 3 nitrogen and oxygen atoms in total. The van der Waals surface area contributed by atoms with Crippen molar-refractivity contribution in [2.75, 3.05) is 0 Å². The lowest BCUT2D eigenvalue weighted by atomic mass is 10.0. The number of rotatable bonds is 2. The molecule has 0 aliphatic carbocycles. The first-order valence-electron chi connectivity index (χ1n) is 5.58. The molecule has 2 aromatic rings. The summed E-state index contributed by atoms with van der Waals surface area (Å²) in [6.07, 6.45) is 0.